The summed E-state index contributed by atoms with van der Waals surface area (Å²) in [6.45, 7) is 2.58. The van der Waals surface area contributed by atoms with Crippen LogP contribution in [0, 0.1) is 0 Å². The molecule has 26 heavy (non-hydrogen) atoms. The Bertz CT molecular complexity index is 490. The number of hydrogen-bond acceptors (Lipinski definition) is 4. The van der Waals surface area contributed by atoms with Crippen LogP contribution in [0.5, 0.6) is 0 Å². The van der Waals surface area contributed by atoms with Crippen LogP contribution in [0.3, 0.4) is 0 Å². The predicted octanol–water partition coefficient (Wildman–Crippen LogP) is 3.58. The summed E-state index contributed by atoms with van der Waals surface area (Å²) in [7, 11) is 0. The zero-order chi connectivity index (χ0) is 19.4. The first-order valence-corrected chi connectivity index (χ1v) is 10.1. The summed E-state index contributed by atoms with van der Waals surface area (Å²) in [6.07, 6.45) is 13.7. The molecule has 1 fully saturated rings. The van der Waals surface area contributed by atoms with Gasteiger partial charge in [-0.1, -0.05) is 31.2 Å². The van der Waals surface area contributed by atoms with Crippen LogP contribution in [0.1, 0.15) is 64.7 Å². The molecule has 1 amide bonds. The molecule has 0 aromatic heterocycles. The number of carbonyl (C=O) groups is 2. The smallest absolute Gasteiger partial charge is 0.303 e. The van der Waals surface area contributed by atoms with E-state index in [0.29, 0.717) is 37.5 Å². The summed E-state index contributed by atoms with van der Waals surface area (Å²) in [4.78, 5) is 24.5. The fourth-order valence-corrected chi connectivity index (χ4v) is 3.22. The lowest BCUT2D eigenvalue weighted by molar-refractivity contribution is -0.137. The SMILES string of the molecule is CC(S)CCCC(O)/C=C/[C@H]1CCCC(=O)N1C/C=C\CCCC(=O)O. The molecule has 0 spiro atoms. The van der Waals surface area contributed by atoms with Crippen molar-refractivity contribution in [2.75, 3.05) is 6.54 Å². The lowest BCUT2D eigenvalue weighted by Gasteiger charge is -2.33. The molecule has 0 aromatic carbocycles. The molecule has 1 rings (SSSR count). The summed E-state index contributed by atoms with van der Waals surface area (Å²) < 4.78 is 0. The van der Waals surface area contributed by atoms with Crippen LogP contribution in [0.15, 0.2) is 24.3 Å². The zero-order valence-corrected chi connectivity index (χ0v) is 16.6. The molecule has 0 bridgehead atoms. The van der Waals surface area contributed by atoms with Crippen molar-refractivity contribution in [1.29, 1.82) is 0 Å². The third-order valence-electron chi connectivity index (χ3n) is 4.52. The van der Waals surface area contributed by atoms with Gasteiger partial charge in [-0.2, -0.15) is 12.6 Å². The number of nitrogens with zero attached hydrogens (tertiary/aromatic N) is 1. The topological polar surface area (TPSA) is 77.8 Å². The van der Waals surface area contributed by atoms with E-state index in [0.717, 1.165) is 25.7 Å². The maximum atomic E-state index is 12.2. The number of carboxylic acids is 1. The number of unbranched alkanes of at least 4 members (excludes halogenated alkanes) is 1. The molecular formula is C20H33NO4S. The number of hydrogen-bond donors (Lipinski definition) is 3. The van der Waals surface area contributed by atoms with Crippen LogP contribution in [0.4, 0.5) is 0 Å². The number of allylic oxidation sites excluding steroid dienone is 1. The minimum atomic E-state index is -0.780. The first-order valence-electron chi connectivity index (χ1n) is 9.61. The number of rotatable bonds is 12. The molecule has 1 heterocycles. The molecule has 1 aliphatic rings. The zero-order valence-electron chi connectivity index (χ0n) is 15.7. The molecule has 5 nitrogen and oxygen atoms in total. The lowest BCUT2D eigenvalue weighted by Crippen LogP contribution is -2.42. The van der Waals surface area contributed by atoms with E-state index in [1.54, 1.807) is 0 Å². The maximum Gasteiger partial charge on any atom is 0.303 e. The standard InChI is InChI=1S/C20H33NO4S/c1-16(26)8-6-10-18(22)14-13-17-9-7-11-19(23)21(17)15-5-3-2-4-12-20(24)25/h3,5,13-14,16-18,22,26H,2,4,6-12,15H2,1H3,(H,24,25)/b5-3-,14-13+/t16?,17-,18?/m1/s1. The van der Waals surface area contributed by atoms with Crippen LogP contribution in [-0.2, 0) is 9.59 Å². The third kappa shape index (κ3) is 10.0. The Morgan fingerprint density at radius 3 is 2.81 bits per heavy atom. The maximum absolute atomic E-state index is 12.2. The van der Waals surface area contributed by atoms with Crippen molar-refractivity contribution in [2.45, 2.75) is 82.1 Å². The van der Waals surface area contributed by atoms with Crippen LogP contribution in [0.25, 0.3) is 0 Å². The van der Waals surface area contributed by atoms with Gasteiger partial charge in [0.25, 0.3) is 0 Å². The van der Waals surface area contributed by atoms with Crippen LogP contribution in [-0.4, -0.2) is 50.9 Å². The van der Waals surface area contributed by atoms with E-state index >= 15 is 0 Å². The van der Waals surface area contributed by atoms with Gasteiger partial charge < -0.3 is 15.1 Å². The molecule has 6 heteroatoms. The van der Waals surface area contributed by atoms with Crippen molar-refractivity contribution < 1.29 is 19.8 Å². The molecule has 148 valence electrons. The number of thiol groups is 1. The minimum Gasteiger partial charge on any atom is -0.481 e. The number of aliphatic hydroxyl groups is 1. The van der Waals surface area contributed by atoms with E-state index in [2.05, 4.69) is 12.6 Å². The fraction of sp³-hybridized carbons (Fsp3) is 0.700. The van der Waals surface area contributed by atoms with E-state index in [4.69, 9.17) is 5.11 Å². The average molecular weight is 384 g/mol. The second kappa shape index (κ2) is 13.0. The fourth-order valence-electron chi connectivity index (χ4n) is 3.04. The number of piperidine rings is 1. The molecule has 1 saturated heterocycles. The molecule has 2 unspecified atom stereocenters. The summed E-state index contributed by atoms with van der Waals surface area (Å²) in [6, 6.07) is 0.0263. The normalized spacial score (nSPS) is 20.8. The highest BCUT2D eigenvalue weighted by Gasteiger charge is 2.25. The van der Waals surface area contributed by atoms with Crippen molar-refractivity contribution in [3.63, 3.8) is 0 Å². The van der Waals surface area contributed by atoms with Gasteiger partial charge >= 0.3 is 5.97 Å². The Morgan fingerprint density at radius 2 is 2.12 bits per heavy atom. The second-order valence-corrected chi connectivity index (χ2v) is 7.88. The molecular weight excluding hydrogens is 350 g/mol. The van der Waals surface area contributed by atoms with Gasteiger partial charge in [-0.3, -0.25) is 9.59 Å². The van der Waals surface area contributed by atoms with Gasteiger partial charge in [0, 0.05) is 19.4 Å². The van der Waals surface area contributed by atoms with Gasteiger partial charge in [-0.05, 0) is 50.2 Å². The largest absolute Gasteiger partial charge is 0.481 e. The van der Waals surface area contributed by atoms with Gasteiger partial charge in [0.2, 0.25) is 5.91 Å². The Balaban J connectivity index is 2.45. The van der Waals surface area contributed by atoms with Gasteiger partial charge in [-0.25, -0.2) is 0 Å². The van der Waals surface area contributed by atoms with E-state index in [-0.39, 0.29) is 18.4 Å². The van der Waals surface area contributed by atoms with E-state index < -0.39 is 12.1 Å². The number of aliphatic carboxylic acids is 1. The molecule has 1 aliphatic heterocycles. The highest BCUT2D eigenvalue weighted by atomic mass is 32.1. The molecule has 0 saturated carbocycles. The second-order valence-electron chi connectivity index (χ2n) is 7.00. The molecule has 0 radical (unpaired) electrons. The van der Waals surface area contributed by atoms with E-state index in [1.807, 2.05) is 36.1 Å². The highest BCUT2D eigenvalue weighted by Crippen LogP contribution is 2.20. The van der Waals surface area contributed by atoms with E-state index in [9.17, 15) is 14.7 Å². The molecule has 3 atom stereocenters. The van der Waals surface area contributed by atoms with Gasteiger partial charge in [0.05, 0.1) is 12.1 Å². The quantitative estimate of drug-likeness (QED) is 0.273. The Morgan fingerprint density at radius 1 is 1.35 bits per heavy atom. The van der Waals surface area contributed by atoms with Gasteiger partial charge in [-0.15, -0.1) is 0 Å². The lowest BCUT2D eigenvalue weighted by atomic mass is 10.00. The predicted molar refractivity (Wildman–Crippen MR) is 107 cm³/mol. The number of likely N-dealkylation sites (tertiary alicyclic amines) is 1. The van der Waals surface area contributed by atoms with Crippen molar-refractivity contribution in [3.05, 3.63) is 24.3 Å². The van der Waals surface area contributed by atoms with Gasteiger partial charge in [0.15, 0.2) is 0 Å². The molecule has 0 aromatic rings. The Hall–Kier alpha value is -1.27. The summed E-state index contributed by atoms with van der Waals surface area (Å²) >= 11 is 4.34. The van der Waals surface area contributed by atoms with Gasteiger partial charge in [0.1, 0.15) is 0 Å². The first-order chi connectivity index (χ1) is 12.4. The minimum absolute atomic E-state index is 0.0263. The molecule has 2 N–H and O–H groups in total. The van der Waals surface area contributed by atoms with Crippen LogP contribution in [0.2, 0.25) is 0 Å². The van der Waals surface area contributed by atoms with Crippen molar-refractivity contribution in [1.82, 2.24) is 4.90 Å². The average Bonchev–Trinajstić information content (AvgIpc) is 2.57. The van der Waals surface area contributed by atoms with Crippen molar-refractivity contribution in [3.8, 4) is 0 Å². The Labute approximate surface area is 162 Å². The van der Waals surface area contributed by atoms with E-state index in [1.165, 1.54) is 0 Å². The number of carbonyl (C=O) groups excluding carboxylic acids is 1. The van der Waals surface area contributed by atoms with Crippen LogP contribution < -0.4 is 0 Å². The Kier molecular flexibility index (Phi) is 11.4. The van der Waals surface area contributed by atoms with Crippen molar-refractivity contribution in [2.24, 2.45) is 0 Å². The highest BCUT2D eigenvalue weighted by molar-refractivity contribution is 7.80. The monoisotopic (exact) mass is 383 g/mol. The number of aliphatic hydroxyl groups excluding tert-OH is 1. The number of amides is 1. The summed E-state index contributed by atoms with van der Waals surface area (Å²) in [5, 5.41) is 19.1. The summed E-state index contributed by atoms with van der Waals surface area (Å²) in [5.41, 5.74) is 0. The van der Waals surface area contributed by atoms with Crippen molar-refractivity contribution >= 4 is 24.5 Å². The first kappa shape index (κ1) is 22.8. The number of carboxylic acid groups (broad SMARTS) is 1. The van der Waals surface area contributed by atoms with Crippen LogP contribution >= 0.6 is 12.6 Å². The summed E-state index contributed by atoms with van der Waals surface area (Å²) in [5.74, 6) is -0.642. The molecule has 0 aliphatic carbocycles. The third-order valence-corrected chi connectivity index (χ3v) is 4.78.